The SMILES string of the molecule is C.COCCOCCOC(=O)NCC(=O)N[C@H]1C([C@H](O)[C@H](O)CO)O[C@@](OC(C)C)(C(=O)O)C[C@H]1O. The van der Waals surface area contributed by atoms with Crippen molar-refractivity contribution in [1.29, 1.82) is 0 Å². The molecule has 1 fully saturated rings. The summed E-state index contributed by atoms with van der Waals surface area (Å²) in [5.74, 6) is -4.82. The van der Waals surface area contributed by atoms with Gasteiger partial charge in [-0.15, -0.1) is 0 Å². The lowest BCUT2D eigenvalue weighted by Gasteiger charge is -2.47. The number of aliphatic hydroxyl groups is 4. The number of aliphatic carboxylic acids is 1. The highest BCUT2D eigenvalue weighted by Gasteiger charge is 2.56. The van der Waals surface area contributed by atoms with E-state index in [0.717, 1.165) is 0 Å². The summed E-state index contributed by atoms with van der Waals surface area (Å²) in [7, 11) is 1.51. The number of aliphatic hydroxyl groups excluding tert-OH is 4. The van der Waals surface area contributed by atoms with Gasteiger partial charge in [0.2, 0.25) is 5.91 Å². The average Bonchev–Trinajstić information content (AvgIpc) is 2.79. The molecule has 0 spiro atoms. The highest BCUT2D eigenvalue weighted by Crippen LogP contribution is 2.34. The molecule has 15 heteroatoms. The van der Waals surface area contributed by atoms with Crippen LogP contribution in [0.5, 0.6) is 0 Å². The lowest BCUT2D eigenvalue weighted by molar-refractivity contribution is -0.319. The predicted octanol–water partition coefficient (Wildman–Crippen LogP) is -2.43. The molecule has 0 aromatic heterocycles. The van der Waals surface area contributed by atoms with E-state index in [9.17, 15) is 39.9 Å². The number of ether oxygens (including phenoxy) is 5. The van der Waals surface area contributed by atoms with Crippen LogP contribution in [0.1, 0.15) is 27.7 Å². The van der Waals surface area contributed by atoms with Crippen LogP contribution in [-0.2, 0) is 33.3 Å². The number of carbonyl (C=O) groups excluding carboxylic acids is 2. The van der Waals surface area contributed by atoms with Crippen LogP contribution in [0.15, 0.2) is 0 Å². The van der Waals surface area contributed by atoms with Crippen molar-refractivity contribution in [2.75, 3.05) is 46.7 Å². The van der Waals surface area contributed by atoms with Gasteiger partial charge in [0.05, 0.1) is 44.7 Å². The third-order valence-electron chi connectivity index (χ3n) is 4.86. The Labute approximate surface area is 209 Å². The van der Waals surface area contributed by atoms with Crippen LogP contribution in [0.3, 0.4) is 0 Å². The Morgan fingerprint density at radius 2 is 1.78 bits per heavy atom. The number of carbonyl (C=O) groups is 3. The number of rotatable bonds is 15. The second-order valence-corrected chi connectivity index (χ2v) is 8.01. The number of alkyl carbamates (subject to hydrolysis) is 1. The van der Waals surface area contributed by atoms with Gasteiger partial charge in [0, 0.05) is 13.5 Å². The third-order valence-corrected chi connectivity index (χ3v) is 4.86. The van der Waals surface area contributed by atoms with Gasteiger partial charge < -0.3 is 59.9 Å². The van der Waals surface area contributed by atoms with E-state index in [4.69, 9.17) is 23.7 Å². The lowest BCUT2D eigenvalue weighted by atomic mass is 9.88. The van der Waals surface area contributed by atoms with Crippen molar-refractivity contribution >= 4 is 18.0 Å². The van der Waals surface area contributed by atoms with Gasteiger partial charge in [0.25, 0.3) is 5.79 Å². The van der Waals surface area contributed by atoms with Crippen molar-refractivity contribution in [1.82, 2.24) is 10.6 Å². The molecule has 7 N–H and O–H groups in total. The molecule has 0 aliphatic carbocycles. The summed E-state index contributed by atoms with van der Waals surface area (Å²) in [6, 6.07) is -1.42. The molecular formula is C21H40N2O13. The summed E-state index contributed by atoms with van der Waals surface area (Å²) in [6.07, 6.45) is -9.20. The van der Waals surface area contributed by atoms with E-state index in [1.54, 1.807) is 0 Å². The summed E-state index contributed by atoms with van der Waals surface area (Å²) in [6.45, 7) is 2.29. The molecule has 0 bridgehead atoms. The molecule has 2 amide bonds. The van der Waals surface area contributed by atoms with E-state index in [-0.39, 0.29) is 20.6 Å². The molecule has 1 aliphatic rings. The summed E-state index contributed by atoms with van der Waals surface area (Å²) >= 11 is 0. The number of carboxylic acids is 1. The molecule has 1 unspecified atom stereocenters. The van der Waals surface area contributed by atoms with Crippen LogP contribution < -0.4 is 10.6 Å². The lowest BCUT2D eigenvalue weighted by Crippen LogP contribution is -2.68. The van der Waals surface area contributed by atoms with E-state index in [1.807, 2.05) is 0 Å². The first kappa shape index (κ1) is 33.9. The fraction of sp³-hybridized carbons (Fsp3) is 0.857. The first-order chi connectivity index (χ1) is 16.5. The first-order valence-corrected chi connectivity index (χ1v) is 11.0. The van der Waals surface area contributed by atoms with Crippen LogP contribution in [-0.4, -0.2) is 133 Å². The van der Waals surface area contributed by atoms with E-state index in [0.29, 0.717) is 13.2 Å². The van der Waals surface area contributed by atoms with Gasteiger partial charge in [-0.05, 0) is 13.8 Å². The molecule has 0 radical (unpaired) electrons. The number of hydrogen-bond donors (Lipinski definition) is 7. The van der Waals surface area contributed by atoms with Crippen molar-refractivity contribution in [2.45, 2.75) is 70.0 Å². The van der Waals surface area contributed by atoms with Crippen molar-refractivity contribution < 1.29 is 63.6 Å². The van der Waals surface area contributed by atoms with Crippen LogP contribution in [0.25, 0.3) is 0 Å². The number of methoxy groups -OCH3 is 1. The Hall–Kier alpha value is -2.11. The summed E-state index contributed by atoms with van der Waals surface area (Å²) < 4.78 is 25.6. The van der Waals surface area contributed by atoms with Crippen molar-refractivity contribution in [3.05, 3.63) is 0 Å². The molecule has 0 saturated carbocycles. The smallest absolute Gasteiger partial charge is 0.407 e. The normalized spacial score (nSPS) is 25.4. The third kappa shape index (κ3) is 10.5. The molecule has 15 nitrogen and oxygen atoms in total. The van der Waals surface area contributed by atoms with Gasteiger partial charge in [-0.25, -0.2) is 9.59 Å². The van der Waals surface area contributed by atoms with Crippen LogP contribution >= 0.6 is 0 Å². The van der Waals surface area contributed by atoms with Gasteiger partial charge in [0.15, 0.2) is 0 Å². The van der Waals surface area contributed by atoms with Crippen molar-refractivity contribution in [3.63, 3.8) is 0 Å². The molecule has 212 valence electrons. The highest BCUT2D eigenvalue weighted by molar-refractivity contribution is 5.82. The van der Waals surface area contributed by atoms with Crippen LogP contribution in [0.4, 0.5) is 4.79 Å². The van der Waals surface area contributed by atoms with Gasteiger partial charge in [-0.3, -0.25) is 4.79 Å². The maximum absolute atomic E-state index is 12.4. The Balaban J connectivity index is 0.0000122. The molecule has 0 aromatic carbocycles. The summed E-state index contributed by atoms with van der Waals surface area (Å²) in [5, 5.41) is 54.3. The maximum Gasteiger partial charge on any atom is 0.407 e. The number of nitrogens with one attached hydrogen (secondary N) is 2. The van der Waals surface area contributed by atoms with E-state index in [2.05, 4.69) is 10.6 Å². The van der Waals surface area contributed by atoms with Gasteiger partial charge in [-0.1, -0.05) is 7.43 Å². The summed E-state index contributed by atoms with van der Waals surface area (Å²) in [4.78, 5) is 36.0. The average molecular weight is 529 g/mol. The van der Waals surface area contributed by atoms with Crippen molar-refractivity contribution in [3.8, 4) is 0 Å². The maximum atomic E-state index is 12.4. The number of hydrogen-bond acceptors (Lipinski definition) is 12. The quantitative estimate of drug-likeness (QED) is 0.110. The minimum Gasteiger partial charge on any atom is -0.477 e. The second kappa shape index (κ2) is 16.6. The van der Waals surface area contributed by atoms with Crippen LogP contribution in [0.2, 0.25) is 0 Å². The monoisotopic (exact) mass is 528 g/mol. The minimum absolute atomic E-state index is 0. The molecule has 1 aliphatic heterocycles. The molecule has 1 saturated heterocycles. The second-order valence-electron chi connectivity index (χ2n) is 8.01. The molecule has 1 heterocycles. The highest BCUT2D eigenvalue weighted by atomic mass is 16.7. The Morgan fingerprint density at radius 1 is 1.14 bits per heavy atom. The van der Waals surface area contributed by atoms with Gasteiger partial charge in [0.1, 0.15) is 31.5 Å². The Bertz CT molecular complexity index is 680. The Kier molecular flexibility index (Phi) is 15.6. The van der Waals surface area contributed by atoms with Crippen LogP contribution in [0, 0.1) is 0 Å². The van der Waals surface area contributed by atoms with E-state index in [1.165, 1.54) is 21.0 Å². The van der Waals surface area contributed by atoms with E-state index < -0.39 is 79.9 Å². The van der Waals surface area contributed by atoms with E-state index >= 15 is 0 Å². The topological polar surface area (TPSA) is 223 Å². The standard InChI is InChI=1S/C20H36N2O13.CH4/c1-11(2)34-20(18(28)29)8-12(24)15(17(35-20)16(27)13(25)10-23)22-14(26)9-21-19(30)33-7-6-32-5-4-31-3;/h11-13,15-17,23-25,27H,4-10H2,1-3H3,(H,21,30)(H,22,26)(H,28,29);1H4/t12-,13-,15-,16-,17?,20-;/m1./s1. The Morgan fingerprint density at radius 3 is 2.33 bits per heavy atom. The molecule has 0 aromatic rings. The zero-order valence-corrected chi connectivity index (χ0v) is 19.9. The molecule has 6 atom stereocenters. The molecule has 36 heavy (non-hydrogen) atoms. The van der Waals surface area contributed by atoms with Gasteiger partial charge in [-0.2, -0.15) is 0 Å². The number of carboxylic acid groups (broad SMARTS) is 1. The van der Waals surface area contributed by atoms with Crippen molar-refractivity contribution in [2.24, 2.45) is 0 Å². The fourth-order valence-corrected chi connectivity index (χ4v) is 3.27. The fourth-order valence-electron chi connectivity index (χ4n) is 3.27. The zero-order chi connectivity index (χ0) is 26.6. The predicted molar refractivity (Wildman–Crippen MR) is 122 cm³/mol. The first-order valence-electron chi connectivity index (χ1n) is 11.0. The molecule has 1 rings (SSSR count). The van der Waals surface area contributed by atoms with Gasteiger partial charge >= 0.3 is 12.1 Å². The minimum atomic E-state index is -2.39. The largest absolute Gasteiger partial charge is 0.477 e. The number of amides is 2. The zero-order valence-electron chi connectivity index (χ0n) is 19.9. The molecular weight excluding hydrogens is 488 g/mol. The summed E-state index contributed by atoms with van der Waals surface area (Å²) in [5.41, 5.74) is 0.